The van der Waals surface area contributed by atoms with Crippen LogP contribution in [0.5, 0.6) is 5.75 Å². The van der Waals surface area contributed by atoms with Crippen molar-refractivity contribution in [1.29, 1.82) is 0 Å². The number of fused-ring (bicyclic) bond motifs is 1. The highest BCUT2D eigenvalue weighted by atomic mass is 16.5. The molecule has 0 spiro atoms. The second-order valence-corrected chi connectivity index (χ2v) is 10.4. The number of nitrogens with zero attached hydrogens (tertiary/aromatic N) is 6. The molecule has 0 atom stereocenters. The molecule has 1 aliphatic heterocycles. The summed E-state index contributed by atoms with van der Waals surface area (Å²) in [6.45, 7) is 4.73. The summed E-state index contributed by atoms with van der Waals surface area (Å²) in [7, 11) is 5.21. The van der Waals surface area contributed by atoms with E-state index in [9.17, 15) is 14.4 Å². The number of carbonyl (C=O) groups is 2. The number of hydrogen-bond acceptors (Lipinski definition) is 5. The van der Waals surface area contributed by atoms with E-state index in [2.05, 4.69) is 5.10 Å². The Morgan fingerprint density at radius 2 is 1.65 bits per heavy atom. The van der Waals surface area contributed by atoms with E-state index < -0.39 is 0 Å². The van der Waals surface area contributed by atoms with Crippen LogP contribution < -0.4 is 10.4 Å². The lowest BCUT2D eigenvalue weighted by atomic mass is 9.81. The molecule has 37 heavy (non-hydrogen) atoms. The maximum Gasteiger partial charge on any atom is 0.328 e. The molecular formula is C27H36N6O4. The Morgan fingerprint density at radius 1 is 0.973 bits per heavy atom. The van der Waals surface area contributed by atoms with E-state index in [-0.39, 0.29) is 23.4 Å². The van der Waals surface area contributed by atoms with Crippen LogP contribution in [0, 0.1) is 18.8 Å². The highest BCUT2D eigenvalue weighted by molar-refractivity contribution is 5.93. The molecule has 0 radical (unpaired) electrons. The molecule has 1 aromatic carbocycles. The van der Waals surface area contributed by atoms with Crippen molar-refractivity contribution in [3.05, 3.63) is 46.1 Å². The Hall–Kier alpha value is -3.56. The highest BCUT2D eigenvalue weighted by Gasteiger charge is 2.33. The molecule has 198 valence electrons. The van der Waals surface area contributed by atoms with Crippen LogP contribution in [-0.2, 0) is 25.4 Å². The van der Waals surface area contributed by atoms with Gasteiger partial charge in [0.15, 0.2) is 0 Å². The van der Waals surface area contributed by atoms with Gasteiger partial charge < -0.3 is 14.5 Å². The van der Waals surface area contributed by atoms with Gasteiger partial charge in [0.05, 0.1) is 23.8 Å². The fourth-order valence-corrected chi connectivity index (χ4v) is 5.90. The van der Waals surface area contributed by atoms with Crippen LogP contribution in [0.3, 0.4) is 0 Å². The fraction of sp³-hybridized carbons (Fsp3) is 0.556. The molecule has 1 saturated carbocycles. The Balaban J connectivity index is 1.16. The predicted octanol–water partition coefficient (Wildman–Crippen LogP) is 2.18. The number of amides is 2. The summed E-state index contributed by atoms with van der Waals surface area (Å²) in [6.07, 6.45) is 3.50. The number of piperazine rings is 1. The van der Waals surface area contributed by atoms with Gasteiger partial charge in [0.25, 0.3) is 5.91 Å². The van der Waals surface area contributed by atoms with E-state index in [4.69, 9.17) is 4.74 Å². The molecule has 10 nitrogen and oxygen atoms in total. The number of rotatable bonds is 5. The quantitative estimate of drug-likeness (QED) is 0.527. The molecule has 2 amide bonds. The van der Waals surface area contributed by atoms with Crippen molar-refractivity contribution in [2.24, 2.45) is 25.9 Å². The predicted molar refractivity (Wildman–Crippen MR) is 140 cm³/mol. The molecule has 2 fully saturated rings. The molecule has 3 heterocycles. The molecule has 0 unspecified atom stereocenters. The first-order chi connectivity index (χ1) is 17.8. The number of ether oxygens (including phenoxy) is 1. The first-order valence-electron chi connectivity index (χ1n) is 13.1. The Morgan fingerprint density at radius 3 is 2.27 bits per heavy atom. The summed E-state index contributed by atoms with van der Waals surface area (Å²) in [5, 5.41) is 4.27. The van der Waals surface area contributed by atoms with E-state index in [1.807, 2.05) is 39.5 Å². The van der Waals surface area contributed by atoms with Gasteiger partial charge in [-0.25, -0.2) is 4.79 Å². The molecular weight excluding hydrogens is 472 g/mol. The van der Waals surface area contributed by atoms with E-state index >= 15 is 0 Å². The maximum absolute atomic E-state index is 13.3. The van der Waals surface area contributed by atoms with Crippen LogP contribution in [0.25, 0.3) is 11.0 Å². The topological polar surface area (TPSA) is 94.6 Å². The van der Waals surface area contributed by atoms with Gasteiger partial charge in [0, 0.05) is 58.8 Å². The largest absolute Gasteiger partial charge is 0.497 e. The molecule has 2 aliphatic rings. The molecule has 0 N–H and O–H groups in total. The third-order valence-corrected chi connectivity index (χ3v) is 8.09. The van der Waals surface area contributed by atoms with Crippen molar-refractivity contribution in [1.82, 2.24) is 28.7 Å². The van der Waals surface area contributed by atoms with Crippen LogP contribution in [-0.4, -0.2) is 73.8 Å². The van der Waals surface area contributed by atoms with E-state index in [1.54, 1.807) is 36.5 Å². The average molecular weight is 509 g/mol. The summed E-state index contributed by atoms with van der Waals surface area (Å²) in [6, 6.07) is 7.53. The SMILES string of the molecule is COc1ccc2c(c1)n(CC1CCC(C(=O)N3CCN(C(=O)c4cc(C)nn4C)CC3)CC1)c(=O)n2C. The second kappa shape index (κ2) is 10.1. The van der Waals surface area contributed by atoms with Gasteiger partial charge in [-0.2, -0.15) is 5.10 Å². The number of hydrogen-bond donors (Lipinski definition) is 0. The van der Waals surface area contributed by atoms with Gasteiger partial charge in [0.1, 0.15) is 11.4 Å². The molecule has 10 heteroatoms. The lowest BCUT2D eigenvalue weighted by Crippen LogP contribution is -2.52. The molecule has 2 aromatic heterocycles. The average Bonchev–Trinajstić information content (AvgIpc) is 3.38. The number of methoxy groups -OCH3 is 1. The summed E-state index contributed by atoms with van der Waals surface area (Å²) < 4.78 is 10.5. The maximum atomic E-state index is 13.3. The van der Waals surface area contributed by atoms with Crippen molar-refractivity contribution < 1.29 is 14.3 Å². The Labute approximate surface area is 216 Å². The number of aromatic nitrogens is 4. The van der Waals surface area contributed by atoms with Gasteiger partial charge in [-0.3, -0.25) is 23.4 Å². The van der Waals surface area contributed by atoms with Gasteiger partial charge in [0.2, 0.25) is 5.91 Å². The highest BCUT2D eigenvalue weighted by Crippen LogP contribution is 2.32. The van der Waals surface area contributed by atoms with Gasteiger partial charge in [-0.15, -0.1) is 0 Å². The first-order valence-corrected chi connectivity index (χ1v) is 13.1. The standard InChI is InChI=1S/C27H36N6O4/c1-18-15-24(30(3)28-18)26(35)32-13-11-31(12-14-32)25(34)20-7-5-19(6-8-20)17-33-23-16-21(37-4)9-10-22(23)29(2)27(33)36/h9-10,15-16,19-20H,5-8,11-14,17H2,1-4H3. The monoisotopic (exact) mass is 508 g/mol. The number of benzene rings is 1. The van der Waals surface area contributed by atoms with Gasteiger partial charge in [-0.1, -0.05) is 0 Å². The van der Waals surface area contributed by atoms with Crippen LogP contribution in [0.2, 0.25) is 0 Å². The Kier molecular flexibility index (Phi) is 6.83. The van der Waals surface area contributed by atoms with Gasteiger partial charge in [-0.05, 0) is 56.7 Å². The molecule has 0 bridgehead atoms. The first kappa shape index (κ1) is 25.1. The lowest BCUT2D eigenvalue weighted by molar-refractivity contribution is -0.138. The lowest BCUT2D eigenvalue weighted by Gasteiger charge is -2.38. The van der Waals surface area contributed by atoms with Crippen molar-refractivity contribution in [3.8, 4) is 5.75 Å². The van der Waals surface area contributed by atoms with Gasteiger partial charge >= 0.3 is 5.69 Å². The normalized spacial score (nSPS) is 20.4. The molecule has 5 rings (SSSR count). The summed E-state index contributed by atoms with van der Waals surface area (Å²) >= 11 is 0. The summed E-state index contributed by atoms with van der Waals surface area (Å²) in [5.41, 5.74) is 3.17. The minimum absolute atomic E-state index is 0.0163. The van der Waals surface area contributed by atoms with E-state index in [1.165, 1.54) is 0 Å². The minimum atomic E-state index is -0.0306. The van der Waals surface area contributed by atoms with Crippen molar-refractivity contribution in [2.75, 3.05) is 33.3 Å². The minimum Gasteiger partial charge on any atom is -0.497 e. The van der Waals surface area contributed by atoms with Crippen molar-refractivity contribution in [3.63, 3.8) is 0 Å². The van der Waals surface area contributed by atoms with Crippen LogP contribution in [0.4, 0.5) is 0 Å². The fourth-order valence-electron chi connectivity index (χ4n) is 5.90. The van der Waals surface area contributed by atoms with E-state index in [0.717, 1.165) is 48.2 Å². The zero-order chi connectivity index (χ0) is 26.3. The number of carbonyl (C=O) groups excluding carboxylic acids is 2. The third kappa shape index (κ3) is 4.76. The van der Waals surface area contributed by atoms with E-state index in [0.29, 0.717) is 44.3 Å². The molecule has 1 saturated heterocycles. The third-order valence-electron chi connectivity index (χ3n) is 8.09. The molecule has 1 aliphatic carbocycles. The van der Waals surface area contributed by atoms with Crippen LogP contribution >= 0.6 is 0 Å². The smallest absolute Gasteiger partial charge is 0.328 e. The zero-order valence-corrected chi connectivity index (χ0v) is 22.1. The summed E-state index contributed by atoms with van der Waals surface area (Å²) in [5.74, 6) is 1.28. The zero-order valence-electron chi connectivity index (χ0n) is 22.1. The van der Waals surface area contributed by atoms with Crippen LogP contribution in [0.1, 0.15) is 41.9 Å². The Bertz CT molecular complexity index is 1370. The number of aryl methyl sites for hydroxylation is 3. The molecule has 3 aromatic rings. The summed E-state index contributed by atoms with van der Waals surface area (Å²) in [4.78, 5) is 42.8. The van der Waals surface area contributed by atoms with Crippen molar-refractivity contribution in [2.45, 2.75) is 39.2 Å². The van der Waals surface area contributed by atoms with Crippen molar-refractivity contribution >= 4 is 22.8 Å². The second-order valence-electron chi connectivity index (χ2n) is 10.4. The number of imidazole rings is 1. The van der Waals surface area contributed by atoms with Crippen LogP contribution in [0.15, 0.2) is 29.1 Å².